The van der Waals surface area contributed by atoms with Crippen molar-refractivity contribution in [1.82, 2.24) is 14.2 Å². The van der Waals surface area contributed by atoms with Gasteiger partial charge in [-0.2, -0.15) is 4.68 Å². The first-order chi connectivity index (χ1) is 14.4. The highest BCUT2D eigenvalue weighted by molar-refractivity contribution is 5.86. The molecule has 0 bridgehead atoms. The summed E-state index contributed by atoms with van der Waals surface area (Å²) < 4.78 is 22.8. The average molecular weight is 414 g/mol. The molecule has 1 aromatic carbocycles. The van der Waals surface area contributed by atoms with Crippen LogP contribution in [0, 0.1) is 18.7 Å². The van der Waals surface area contributed by atoms with E-state index in [1.54, 1.807) is 19.2 Å². The molecule has 2 aromatic heterocycles. The van der Waals surface area contributed by atoms with Crippen LogP contribution in [0.4, 0.5) is 10.1 Å². The van der Waals surface area contributed by atoms with E-state index in [1.165, 1.54) is 10.8 Å². The fraction of sp³-hybridized carbons (Fsp3) is 0.450. The zero-order valence-electron chi connectivity index (χ0n) is 16.5. The Morgan fingerprint density at radius 2 is 2.07 bits per heavy atom. The van der Waals surface area contributed by atoms with Gasteiger partial charge in [0, 0.05) is 30.6 Å². The van der Waals surface area contributed by atoms with Crippen LogP contribution >= 0.6 is 0 Å². The minimum atomic E-state index is -0.680. The van der Waals surface area contributed by atoms with Crippen molar-refractivity contribution in [2.75, 3.05) is 23.8 Å². The molecule has 2 aliphatic rings. The molecule has 4 N–H and O–H groups in total. The molecule has 1 unspecified atom stereocenters. The monoisotopic (exact) mass is 414 g/mol. The maximum absolute atomic E-state index is 15.4. The molecular formula is C20H23FN6O3. The predicted molar refractivity (Wildman–Crippen MR) is 109 cm³/mol. The number of anilines is 1. The summed E-state index contributed by atoms with van der Waals surface area (Å²) in [6.07, 6.45) is 5.44. The lowest BCUT2D eigenvalue weighted by Gasteiger charge is -2.23. The van der Waals surface area contributed by atoms with Gasteiger partial charge in [-0.05, 0) is 32.3 Å². The van der Waals surface area contributed by atoms with Crippen LogP contribution in [0.1, 0.15) is 42.8 Å². The molecule has 5 rings (SSSR count). The number of hydrogen-bond donors (Lipinski definition) is 2. The number of hydrogen-bond acceptors (Lipinski definition) is 7. The van der Waals surface area contributed by atoms with Gasteiger partial charge in [0.2, 0.25) is 5.89 Å². The molecule has 1 saturated heterocycles. The van der Waals surface area contributed by atoms with Crippen LogP contribution in [0.25, 0.3) is 10.9 Å². The quantitative estimate of drug-likeness (QED) is 0.614. The van der Waals surface area contributed by atoms with Crippen molar-refractivity contribution >= 4 is 16.6 Å². The van der Waals surface area contributed by atoms with Gasteiger partial charge in [-0.25, -0.2) is 14.2 Å². The van der Waals surface area contributed by atoms with Gasteiger partial charge in [-0.3, -0.25) is 9.36 Å². The second-order valence-electron chi connectivity index (χ2n) is 8.18. The van der Waals surface area contributed by atoms with Crippen molar-refractivity contribution < 1.29 is 8.81 Å². The third kappa shape index (κ3) is 2.74. The molecule has 0 amide bonds. The number of aromatic nitrogens is 3. The summed E-state index contributed by atoms with van der Waals surface area (Å²) in [4.78, 5) is 31.3. The number of oxazole rings is 1. The zero-order chi connectivity index (χ0) is 21.2. The molecule has 1 aliphatic heterocycles. The number of nitrogens with zero attached hydrogens (tertiary/aromatic N) is 4. The molecule has 158 valence electrons. The van der Waals surface area contributed by atoms with Gasteiger partial charge in [0.25, 0.3) is 5.56 Å². The van der Waals surface area contributed by atoms with Gasteiger partial charge in [-0.15, -0.1) is 0 Å². The van der Waals surface area contributed by atoms with E-state index < -0.39 is 17.1 Å². The standard InChI is InChI=1S/C20H23FN6O3/c1-10-15-13(26(12-2-3-12)20(29)27(23)19(15)28)8-14(16(10)21)25-6-4-11(9-25)17(22)18-24-5-7-30-18/h5,7-8,11-12,17H,2-4,6,9,22-23H2,1H3/t11?,17-/m0/s1. The van der Waals surface area contributed by atoms with Gasteiger partial charge in [0.05, 0.1) is 28.8 Å². The number of nitrogens with two attached hydrogens (primary N) is 2. The first-order valence-electron chi connectivity index (χ1n) is 10.0. The Morgan fingerprint density at radius 1 is 1.30 bits per heavy atom. The van der Waals surface area contributed by atoms with E-state index in [-0.39, 0.29) is 29.0 Å². The van der Waals surface area contributed by atoms with Crippen LogP contribution in [-0.4, -0.2) is 27.3 Å². The molecule has 0 spiro atoms. The second kappa shape index (κ2) is 6.69. The average Bonchev–Trinajstić information content (AvgIpc) is 3.21. The highest BCUT2D eigenvalue weighted by Gasteiger charge is 2.34. The topological polar surface area (TPSA) is 125 Å². The van der Waals surface area contributed by atoms with Gasteiger partial charge in [0.1, 0.15) is 12.1 Å². The lowest BCUT2D eigenvalue weighted by atomic mass is 10.00. The Kier molecular flexibility index (Phi) is 4.21. The molecule has 9 nitrogen and oxygen atoms in total. The lowest BCUT2D eigenvalue weighted by molar-refractivity contribution is 0.372. The molecule has 2 atom stereocenters. The largest absolute Gasteiger partial charge is 0.447 e. The summed E-state index contributed by atoms with van der Waals surface area (Å²) in [5.74, 6) is 5.72. The number of benzene rings is 1. The Labute approximate surface area is 170 Å². The molecular weight excluding hydrogens is 391 g/mol. The molecule has 1 saturated carbocycles. The highest BCUT2D eigenvalue weighted by atomic mass is 19.1. The smallest absolute Gasteiger partial charge is 0.350 e. The Bertz CT molecular complexity index is 1240. The predicted octanol–water partition coefficient (Wildman–Crippen LogP) is 1.17. The minimum absolute atomic E-state index is 0.0158. The summed E-state index contributed by atoms with van der Waals surface area (Å²) in [5, 5.41) is 0.150. The van der Waals surface area contributed by atoms with E-state index in [9.17, 15) is 9.59 Å². The van der Waals surface area contributed by atoms with Gasteiger partial charge in [-0.1, -0.05) is 0 Å². The Balaban J connectivity index is 1.60. The SMILES string of the molecule is Cc1c(F)c(N2CCC([C@H](N)c3ncco3)C2)cc2c1c(=O)n(N)c(=O)n2C1CC1. The van der Waals surface area contributed by atoms with Crippen LogP contribution in [0.15, 0.2) is 32.5 Å². The lowest BCUT2D eigenvalue weighted by Crippen LogP contribution is -2.44. The molecule has 1 aliphatic carbocycles. The van der Waals surface area contributed by atoms with E-state index >= 15 is 4.39 Å². The third-order valence-corrected chi connectivity index (χ3v) is 6.28. The number of nitrogen functional groups attached to an aromatic ring is 1. The number of halogens is 1. The highest BCUT2D eigenvalue weighted by Crippen LogP contribution is 2.39. The normalized spacial score (nSPS) is 20.2. The zero-order valence-corrected chi connectivity index (χ0v) is 16.5. The van der Waals surface area contributed by atoms with E-state index in [0.717, 1.165) is 19.3 Å². The fourth-order valence-corrected chi connectivity index (χ4v) is 4.46. The summed E-state index contributed by atoms with van der Waals surface area (Å²) in [7, 11) is 0. The number of aryl methyl sites for hydroxylation is 1. The van der Waals surface area contributed by atoms with E-state index in [2.05, 4.69) is 4.98 Å². The van der Waals surface area contributed by atoms with Crippen molar-refractivity contribution in [1.29, 1.82) is 0 Å². The van der Waals surface area contributed by atoms with E-state index in [0.29, 0.717) is 34.9 Å². The van der Waals surface area contributed by atoms with Crippen LogP contribution in [0.2, 0.25) is 0 Å². The van der Waals surface area contributed by atoms with Gasteiger partial charge < -0.3 is 20.9 Å². The van der Waals surface area contributed by atoms with Crippen molar-refractivity contribution in [2.45, 2.75) is 38.3 Å². The van der Waals surface area contributed by atoms with Crippen molar-refractivity contribution in [2.24, 2.45) is 11.7 Å². The molecule has 10 heteroatoms. The summed E-state index contributed by atoms with van der Waals surface area (Å²) >= 11 is 0. The maximum Gasteiger partial charge on any atom is 0.350 e. The maximum atomic E-state index is 15.4. The van der Waals surface area contributed by atoms with Gasteiger partial charge in [0.15, 0.2) is 0 Å². The summed E-state index contributed by atoms with van der Waals surface area (Å²) in [6.45, 7) is 2.67. The molecule has 0 radical (unpaired) electrons. The number of fused-ring (bicyclic) bond motifs is 1. The summed E-state index contributed by atoms with van der Waals surface area (Å²) in [5.41, 5.74) is 6.03. The van der Waals surface area contributed by atoms with Crippen molar-refractivity contribution in [3.8, 4) is 0 Å². The van der Waals surface area contributed by atoms with Crippen molar-refractivity contribution in [3.63, 3.8) is 0 Å². The van der Waals surface area contributed by atoms with Crippen LogP contribution in [0.5, 0.6) is 0 Å². The van der Waals surface area contributed by atoms with Crippen LogP contribution in [-0.2, 0) is 0 Å². The minimum Gasteiger partial charge on any atom is -0.447 e. The molecule has 3 heterocycles. The van der Waals surface area contributed by atoms with Gasteiger partial charge >= 0.3 is 5.69 Å². The third-order valence-electron chi connectivity index (χ3n) is 6.28. The second-order valence-corrected chi connectivity index (χ2v) is 8.18. The summed E-state index contributed by atoms with van der Waals surface area (Å²) in [6, 6.07) is 1.21. The van der Waals surface area contributed by atoms with Crippen molar-refractivity contribution in [3.05, 3.63) is 56.6 Å². The first-order valence-corrected chi connectivity index (χ1v) is 10.0. The fourth-order valence-electron chi connectivity index (χ4n) is 4.46. The van der Waals surface area contributed by atoms with Crippen LogP contribution in [0.3, 0.4) is 0 Å². The number of rotatable bonds is 4. The molecule has 30 heavy (non-hydrogen) atoms. The Morgan fingerprint density at radius 3 is 2.73 bits per heavy atom. The Hall–Kier alpha value is -3.14. The van der Waals surface area contributed by atoms with E-state index in [4.69, 9.17) is 16.0 Å². The van der Waals surface area contributed by atoms with Crippen LogP contribution < -0.4 is 27.7 Å². The first kappa shape index (κ1) is 18.9. The molecule has 2 fully saturated rings. The van der Waals surface area contributed by atoms with E-state index in [1.807, 2.05) is 4.90 Å². The molecule has 3 aromatic rings.